The maximum absolute atomic E-state index is 11.7. The fraction of sp³-hybridized carbons (Fsp3) is 0.455. The summed E-state index contributed by atoms with van der Waals surface area (Å²) in [5, 5.41) is 15.3. The molecule has 9 heteroatoms. The van der Waals surface area contributed by atoms with E-state index in [0.717, 1.165) is 5.69 Å². The van der Waals surface area contributed by atoms with Crippen LogP contribution in [-0.4, -0.2) is 36.4 Å². The minimum absolute atomic E-state index is 0.00931. The van der Waals surface area contributed by atoms with Crippen molar-refractivity contribution in [3.05, 3.63) is 23.0 Å². The zero-order valence-electron chi connectivity index (χ0n) is 11.2. The van der Waals surface area contributed by atoms with E-state index in [1.807, 2.05) is 17.7 Å². The van der Waals surface area contributed by atoms with Crippen molar-refractivity contribution in [1.82, 2.24) is 30.1 Å². The third-order valence-corrected chi connectivity index (χ3v) is 3.90. The third-order valence-electron chi connectivity index (χ3n) is 2.68. The summed E-state index contributed by atoms with van der Waals surface area (Å²) >= 11 is 7.33. The minimum atomic E-state index is -0.00931. The van der Waals surface area contributed by atoms with Gasteiger partial charge in [-0.2, -0.15) is 0 Å². The molecule has 0 unspecified atom stereocenters. The van der Waals surface area contributed by atoms with Crippen molar-refractivity contribution in [2.45, 2.75) is 18.1 Å². The second kappa shape index (κ2) is 6.76. The number of nitrogens with one attached hydrogen (secondary N) is 1. The van der Waals surface area contributed by atoms with E-state index in [0.29, 0.717) is 28.9 Å². The quantitative estimate of drug-likeness (QED) is 0.805. The summed E-state index contributed by atoms with van der Waals surface area (Å²) in [6, 6.07) is 1.84. The highest BCUT2D eigenvalue weighted by molar-refractivity contribution is 7.99. The van der Waals surface area contributed by atoms with E-state index in [9.17, 15) is 4.79 Å². The van der Waals surface area contributed by atoms with Gasteiger partial charge in [-0.15, -0.1) is 5.10 Å². The Hall–Kier alpha value is -1.54. The van der Waals surface area contributed by atoms with Crippen LogP contribution in [-0.2, 0) is 25.4 Å². The standard InChI is InChI=1S/C11H15ClN6OS/c1-17-7-8(12)5-9(17)6-13-10(19)3-4-20-11-14-15-16-18(11)2/h5,7H,3-4,6H2,1-2H3,(H,13,19). The topological polar surface area (TPSA) is 77.6 Å². The Morgan fingerprint density at radius 2 is 2.30 bits per heavy atom. The molecule has 0 saturated carbocycles. The normalized spacial score (nSPS) is 10.8. The molecular formula is C11H15ClN6OS. The SMILES string of the molecule is Cn1cc(Cl)cc1CNC(=O)CCSc1nnnn1C. The van der Waals surface area contributed by atoms with Crippen molar-refractivity contribution in [2.75, 3.05) is 5.75 Å². The summed E-state index contributed by atoms with van der Waals surface area (Å²) < 4.78 is 3.47. The molecule has 0 aromatic carbocycles. The van der Waals surface area contributed by atoms with Crippen molar-refractivity contribution in [3.63, 3.8) is 0 Å². The molecule has 0 saturated heterocycles. The van der Waals surface area contributed by atoms with Crippen LogP contribution in [0.5, 0.6) is 0 Å². The molecule has 7 nitrogen and oxygen atoms in total. The number of aromatic nitrogens is 5. The summed E-state index contributed by atoms with van der Waals surface area (Å²) in [5.41, 5.74) is 0.966. The van der Waals surface area contributed by atoms with Crippen LogP contribution in [0, 0.1) is 0 Å². The maximum Gasteiger partial charge on any atom is 0.221 e. The van der Waals surface area contributed by atoms with Crippen molar-refractivity contribution in [1.29, 1.82) is 0 Å². The fourth-order valence-electron chi connectivity index (χ4n) is 1.60. The number of rotatable bonds is 6. The summed E-state index contributed by atoms with van der Waals surface area (Å²) in [7, 11) is 3.66. The second-order valence-electron chi connectivity index (χ2n) is 4.22. The lowest BCUT2D eigenvalue weighted by Crippen LogP contribution is -2.24. The Balaban J connectivity index is 1.71. The van der Waals surface area contributed by atoms with E-state index in [-0.39, 0.29) is 5.91 Å². The first-order valence-electron chi connectivity index (χ1n) is 5.99. The first-order valence-corrected chi connectivity index (χ1v) is 7.35. The molecule has 0 fully saturated rings. The number of hydrogen-bond donors (Lipinski definition) is 1. The Kier molecular flexibility index (Phi) is 5.02. The Morgan fingerprint density at radius 1 is 1.50 bits per heavy atom. The number of hydrogen-bond acceptors (Lipinski definition) is 5. The van der Waals surface area contributed by atoms with E-state index < -0.39 is 0 Å². The molecule has 1 amide bonds. The summed E-state index contributed by atoms with van der Waals surface area (Å²) in [5.74, 6) is 0.624. The minimum Gasteiger partial charge on any atom is -0.351 e. The summed E-state index contributed by atoms with van der Waals surface area (Å²) in [4.78, 5) is 11.7. The van der Waals surface area contributed by atoms with E-state index in [1.54, 1.807) is 17.9 Å². The summed E-state index contributed by atoms with van der Waals surface area (Å²) in [6.45, 7) is 0.470. The van der Waals surface area contributed by atoms with Gasteiger partial charge in [-0.05, 0) is 16.5 Å². The van der Waals surface area contributed by atoms with E-state index in [2.05, 4.69) is 20.8 Å². The van der Waals surface area contributed by atoms with Crippen molar-refractivity contribution in [3.8, 4) is 0 Å². The number of tetrazole rings is 1. The Bertz CT molecular complexity index is 596. The fourth-order valence-corrected chi connectivity index (χ4v) is 2.66. The van der Waals surface area contributed by atoms with Gasteiger partial charge in [0, 0.05) is 38.2 Å². The molecule has 2 aromatic heterocycles. The van der Waals surface area contributed by atoms with Gasteiger partial charge in [0.05, 0.1) is 11.6 Å². The lowest BCUT2D eigenvalue weighted by atomic mass is 10.4. The molecule has 0 atom stereocenters. The molecule has 1 N–H and O–H groups in total. The van der Waals surface area contributed by atoms with Gasteiger partial charge in [-0.25, -0.2) is 4.68 Å². The van der Waals surface area contributed by atoms with Crippen LogP contribution >= 0.6 is 23.4 Å². The van der Waals surface area contributed by atoms with Crippen LogP contribution < -0.4 is 5.32 Å². The van der Waals surface area contributed by atoms with E-state index in [1.165, 1.54) is 11.8 Å². The van der Waals surface area contributed by atoms with E-state index >= 15 is 0 Å². The highest BCUT2D eigenvalue weighted by Gasteiger charge is 2.07. The number of carbonyl (C=O) groups excluding carboxylic acids is 1. The second-order valence-corrected chi connectivity index (χ2v) is 5.72. The number of amides is 1. The smallest absolute Gasteiger partial charge is 0.221 e. The largest absolute Gasteiger partial charge is 0.351 e. The molecule has 0 aliphatic heterocycles. The first kappa shape index (κ1) is 14.9. The summed E-state index contributed by atoms with van der Waals surface area (Å²) in [6.07, 6.45) is 2.22. The molecule has 2 heterocycles. The number of thioether (sulfide) groups is 1. The molecule has 2 rings (SSSR count). The molecular weight excluding hydrogens is 300 g/mol. The van der Waals surface area contributed by atoms with Gasteiger partial charge in [0.15, 0.2) is 0 Å². The zero-order valence-corrected chi connectivity index (χ0v) is 12.8. The molecule has 108 valence electrons. The van der Waals surface area contributed by atoms with Crippen LogP contribution in [0.3, 0.4) is 0 Å². The van der Waals surface area contributed by atoms with Gasteiger partial charge in [0.1, 0.15) is 0 Å². The van der Waals surface area contributed by atoms with Gasteiger partial charge >= 0.3 is 0 Å². The van der Waals surface area contributed by atoms with Gasteiger partial charge in [0.25, 0.3) is 0 Å². The molecule has 2 aromatic rings. The molecule has 0 spiro atoms. The number of aryl methyl sites for hydroxylation is 2. The lowest BCUT2D eigenvalue weighted by molar-refractivity contribution is -0.120. The van der Waals surface area contributed by atoms with Crippen molar-refractivity contribution < 1.29 is 4.79 Å². The van der Waals surface area contributed by atoms with Crippen molar-refractivity contribution >= 4 is 29.3 Å². The lowest BCUT2D eigenvalue weighted by Gasteiger charge is -2.05. The Labute approximate surface area is 125 Å². The average Bonchev–Trinajstić information content (AvgIpc) is 2.93. The Morgan fingerprint density at radius 3 is 2.90 bits per heavy atom. The molecule has 0 bridgehead atoms. The molecule has 0 radical (unpaired) electrons. The molecule has 0 aliphatic rings. The average molecular weight is 315 g/mol. The highest BCUT2D eigenvalue weighted by atomic mass is 35.5. The first-order chi connectivity index (χ1) is 9.56. The van der Waals surface area contributed by atoms with Crippen LogP contribution in [0.15, 0.2) is 17.4 Å². The van der Waals surface area contributed by atoms with Crippen LogP contribution in [0.1, 0.15) is 12.1 Å². The third kappa shape index (κ3) is 3.97. The van der Waals surface area contributed by atoms with Crippen LogP contribution in [0.25, 0.3) is 0 Å². The van der Waals surface area contributed by atoms with Gasteiger partial charge in [0.2, 0.25) is 11.1 Å². The molecule has 20 heavy (non-hydrogen) atoms. The maximum atomic E-state index is 11.7. The predicted molar refractivity (Wildman–Crippen MR) is 76.4 cm³/mol. The number of nitrogens with zero attached hydrogens (tertiary/aromatic N) is 5. The highest BCUT2D eigenvalue weighted by Crippen LogP contribution is 2.14. The van der Waals surface area contributed by atoms with Gasteiger partial charge in [-0.1, -0.05) is 23.4 Å². The van der Waals surface area contributed by atoms with Crippen molar-refractivity contribution in [2.24, 2.45) is 14.1 Å². The van der Waals surface area contributed by atoms with E-state index in [4.69, 9.17) is 11.6 Å². The number of halogens is 1. The van der Waals surface area contributed by atoms with Crippen LogP contribution in [0.2, 0.25) is 5.02 Å². The zero-order chi connectivity index (χ0) is 14.5. The molecule has 0 aliphatic carbocycles. The predicted octanol–water partition coefficient (Wildman–Crippen LogP) is 1.00. The van der Waals surface area contributed by atoms with Crippen LogP contribution in [0.4, 0.5) is 0 Å². The number of carbonyl (C=O) groups is 1. The van der Waals surface area contributed by atoms with Gasteiger partial charge < -0.3 is 9.88 Å². The monoisotopic (exact) mass is 314 g/mol. The van der Waals surface area contributed by atoms with Gasteiger partial charge in [-0.3, -0.25) is 4.79 Å².